The minimum absolute atomic E-state index is 0.00617. The highest BCUT2D eigenvalue weighted by Gasteiger charge is 2.38. The largest absolute Gasteiger partial charge is 0.437 e. The molecule has 7 rings (SSSR count). The molecule has 0 spiro atoms. The van der Waals surface area contributed by atoms with Crippen LogP contribution in [0.1, 0.15) is 95.9 Å². The van der Waals surface area contributed by atoms with Gasteiger partial charge in [0.1, 0.15) is 11.6 Å². The predicted octanol–water partition coefficient (Wildman–Crippen LogP) is 6.85. The number of hydrogen-bond donors (Lipinski definition) is 3. The van der Waals surface area contributed by atoms with E-state index in [-0.39, 0.29) is 23.9 Å². The molecule has 0 unspecified atom stereocenters. The summed E-state index contributed by atoms with van der Waals surface area (Å²) in [6.07, 6.45) is 9.50. The first-order chi connectivity index (χ1) is 25.7. The summed E-state index contributed by atoms with van der Waals surface area (Å²) in [6, 6.07) is 17.2. The molecule has 4 aromatic rings. The molecule has 0 bridgehead atoms. The van der Waals surface area contributed by atoms with E-state index in [1.165, 1.54) is 6.92 Å². The number of aromatic nitrogens is 4. The lowest BCUT2D eigenvalue weighted by Gasteiger charge is -2.37. The van der Waals surface area contributed by atoms with Gasteiger partial charge in [-0.15, -0.1) is 0 Å². The normalized spacial score (nSPS) is 22.3. The average molecular weight is 721 g/mol. The zero-order valence-corrected chi connectivity index (χ0v) is 31.1. The maximum atomic E-state index is 13.7. The van der Waals surface area contributed by atoms with Crippen LogP contribution in [-0.4, -0.2) is 90.9 Å². The summed E-state index contributed by atoms with van der Waals surface area (Å²) < 4.78 is 4.92. The maximum Gasteiger partial charge on any atom is 0.405 e. The summed E-state index contributed by atoms with van der Waals surface area (Å²) in [4.78, 5) is 60.5. The molecule has 4 heterocycles. The fraction of sp³-hybridized carbons (Fsp3) is 0.488. The summed E-state index contributed by atoms with van der Waals surface area (Å²) in [5.41, 5.74) is 11.2. The van der Waals surface area contributed by atoms with Gasteiger partial charge in [-0.25, -0.2) is 14.8 Å². The first-order valence-corrected chi connectivity index (χ1v) is 19.4. The number of carbonyl (C=O) groups is 3. The topological polar surface area (TPSA) is 154 Å². The third kappa shape index (κ3) is 7.74. The van der Waals surface area contributed by atoms with Crippen molar-refractivity contribution >= 4 is 17.9 Å². The third-order valence-corrected chi connectivity index (χ3v) is 11.6. The van der Waals surface area contributed by atoms with Crippen molar-refractivity contribution in [2.75, 3.05) is 26.2 Å². The van der Waals surface area contributed by atoms with Crippen LogP contribution >= 0.6 is 0 Å². The van der Waals surface area contributed by atoms with Crippen LogP contribution in [0.5, 0.6) is 0 Å². The van der Waals surface area contributed by atoms with Crippen molar-refractivity contribution in [3.63, 3.8) is 0 Å². The fourth-order valence-electron chi connectivity index (χ4n) is 8.74. The van der Waals surface area contributed by atoms with Gasteiger partial charge in [-0.2, -0.15) is 0 Å². The number of benzene rings is 2. The van der Waals surface area contributed by atoms with E-state index in [4.69, 9.17) is 15.5 Å². The Morgan fingerprint density at radius 1 is 0.755 bits per heavy atom. The quantitative estimate of drug-likeness (QED) is 0.153. The van der Waals surface area contributed by atoms with E-state index < -0.39 is 12.2 Å². The van der Waals surface area contributed by atoms with Crippen LogP contribution in [-0.2, 0) is 14.3 Å². The third-order valence-electron chi connectivity index (χ3n) is 11.6. The Morgan fingerprint density at radius 3 is 1.72 bits per heavy atom. The lowest BCUT2D eigenvalue weighted by Crippen LogP contribution is -2.42. The van der Waals surface area contributed by atoms with Crippen LogP contribution in [0.15, 0.2) is 60.9 Å². The highest BCUT2D eigenvalue weighted by molar-refractivity contribution is 5.83. The molecule has 12 nitrogen and oxygen atoms in total. The second-order valence-corrected chi connectivity index (χ2v) is 14.7. The van der Waals surface area contributed by atoms with Crippen LogP contribution in [0, 0.1) is 5.92 Å². The Kier molecular flexibility index (Phi) is 11.0. The van der Waals surface area contributed by atoms with Crippen LogP contribution in [0.4, 0.5) is 4.79 Å². The van der Waals surface area contributed by atoms with E-state index in [2.05, 4.69) is 87.1 Å². The van der Waals surface area contributed by atoms with Gasteiger partial charge in [-0.1, -0.05) is 62.4 Å². The highest BCUT2D eigenvalue weighted by Crippen LogP contribution is 2.37. The molecule has 4 N–H and O–H groups in total. The minimum atomic E-state index is -0.965. The fourth-order valence-corrected chi connectivity index (χ4v) is 8.74. The van der Waals surface area contributed by atoms with Gasteiger partial charge in [0.15, 0.2) is 6.10 Å². The molecule has 3 atom stereocenters. The molecular weight excluding hydrogens is 669 g/mol. The number of primary amides is 1. The zero-order valence-electron chi connectivity index (χ0n) is 31.1. The van der Waals surface area contributed by atoms with Gasteiger partial charge in [0.25, 0.3) is 5.91 Å². The Morgan fingerprint density at radius 2 is 1.23 bits per heavy atom. The van der Waals surface area contributed by atoms with Gasteiger partial charge in [-0.3, -0.25) is 9.59 Å². The molecule has 12 heteroatoms. The number of amides is 3. The summed E-state index contributed by atoms with van der Waals surface area (Å²) >= 11 is 0. The molecular formula is C41H52N8O4. The molecule has 3 amide bonds. The Labute approximate surface area is 311 Å². The number of nitrogens with zero attached hydrogens (tertiary/aromatic N) is 5. The van der Waals surface area contributed by atoms with E-state index in [0.717, 1.165) is 110 Å². The highest BCUT2D eigenvalue weighted by atomic mass is 16.6. The molecule has 1 saturated carbocycles. The zero-order chi connectivity index (χ0) is 37.1. The summed E-state index contributed by atoms with van der Waals surface area (Å²) in [5.74, 6) is 1.74. The summed E-state index contributed by atoms with van der Waals surface area (Å²) in [7, 11) is 0. The molecule has 3 fully saturated rings. The number of imidazole rings is 2. The van der Waals surface area contributed by atoms with Crippen molar-refractivity contribution in [2.45, 2.75) is 96.4 Å². The van der Waals surface area contributed by atoms with Gasteiger partial charge in [0.2, 0.25) is 5.91 Å². The van der Waals surface area contributed by atoms with E-state index in [9.17, 15) is 14.4 Å². The SMILES string of the molecule is CCN(CC)C1CCC(C(=O)N2CCC[C@H]2c2ncc(-c3ccc(-c4ccc(-c5cnc([C@@H]6CCCN6C(=O)[C@H](C)OC(N)=O)[nH]5)cc4)cc3)[nH]2)CC1. The van der Waals surface area contributed by atoms with E-state index in [1.807, 2.05) is 6.20 Å². The number of rotatable bonds is 11. The van der Waals surface area contributed by atoms with E-state index >= 15 is 0 Å². The first-order valence-electron chi connectivity index (χ1n) is 19.4. The van der Waals surface area contributed by atoms with Crippen molar-refractivity contribution in [2.24, 2.45) is 11.7 Å². The molecule has 0 radical (unpaired) electrons. The Hall–Kier alpha value is -4.97. The van der Waals surface area contributed by atoms with E-state index in [1.54, 1.807) is 11.1 Å². The molecule has 2 aromatic carbocycles. The predicted molar refractivity (Wildman–Crippen MR) is 203 cm³/mol. The van der Waals surface area contributed by atoms with Crippen LogP contribution in [0.25, 0.3) is 33.6 Å². The summed E-state index contributed by atoms with van der Waals surface area (Å²) in [5, 5.41) is 0. The number of nitrogens with two attached hydrogens (primary N) is 1. The number of H-pyrrole nitrogens is 2. The van der Waals surface area contributed by atoms with Crippen molar-refractivity contribution < 1.29 is 19.1 Å². The second-order valence-electron chi connectivity index (χ2n) is 14.7. The van der Waals surface area contributed by atoms with Gasteiger partial charge >= 0.3 is 6.09 Å². The average Bonchev–Trinajstić information content (AvgIpc) is 4.02. The van der Waals surface area contributed by atoms with Crippen LogP contribution in [0.3, 0.4) is 0 Å². The number of likely N-dealkylation sites (tertiary alicyclic amines) is 2. The standard InChI is InChI=1S/C41H52N8O4/c1-4-47(5-2)32-20-18-31(19-21-32)40(51)49-23-7-9-36(49)38-44-25-34(46-38)30-16-12-28(13-17-30)27-10-14-29(15-11-27)33-24-43-37(45-33)35-8-6-22-48(35)39(50)26(3)53-41(42)52/h10-17,24-26,31-32,35-36H,4-9,18-23H2,1-3H3,(H2,42,52)(H,43,45)(H,44,46)/t26-,31?,32?,35-,36-/m0/s1. The van der Waals surface area contributed by atoms with E-state index in [0.29, 0.717) is 24.3 Å². The molecule has 3 aliphatic rings. The number of nitrogens with one attached hydrogen (secondary N) is 2. The Bertz CT molecular complexity index is 1870. The first kappa shape index (κ1) is 36.4. The minimum Gasteiger partial charge on any atom is -0.437 e. The maximum absolute atomic E-state index is 13.7. The lowest BCUT2D eigenvalue weighted by atomic mass is 9.84. The second kappa shape index (κ2) is 16.0. The Balaban J connectivity index is 0.968. The number of ether oxygens (including phenoxy) is 1. The number of carbonyl (C=O) groups excluding carboxylic acids is 3. The van der Waals surface area contributed by atoms with Crippen molar-refractivity contribution in [3.8, 4) is 33.6 Å². The van der Waals surface area contributed by atoms with Crippen LogP contribution < -0.4 is 5.73 Å². The summed E-state index contributed by atoms with van der Waals surface area (Å²) in [6.45, 7) is 9.52. The van der Waals surface area contributed by atoms with Crippen molar-refractivity contribution in [1.29, 1.82) is 0 Å². The number of hydrogen-bond acceptors (Lipinski definition) is 7. The molecule has 2 aliphatic heterocycles. The molecule has 1 aliphatic carbocycles. The van der Waals surface area contributed by atoms with Crippen molar-refractivity contribution in [3.05, 3.63) is 72.6 Å². The number of aromatic amines is 2. The van der Waals surface area contributed by atoms with Gasteiger partial charge in [0, 0.05) is 25.0 Å². The molecule has 280 valence electrons. The molecule has 2 aromatic heterocycles. The van der Waals surface area contributed by atoms with Gasteiger partial charge in [-0.05, 0) is 93.6 Å². The van der Waals surface area contributed by atoms with Gasteiger partial charge < -0.3 is 35.1 Å². The molecule has 53 heavy (non-hydrogen) atoms. The monoisotopic (exact) mass is 720 g/mol. The molecule has 2 saturated heterocycles. The lowest BCUT2D eigenvalue weighted by molar-refractivity contribution is -0.140. The smallest absolute Gasteiger partial charge is 0.405 e. The van der Waals surface area contributed by atoms with Crippen LogP contribution in [0.2, 0.25) is 0 Å². The van der Waals surface area contributed by atoms with Crippen molar-refractivity contribution in [1.82, 2.24) is 34.6 Å². The van der Waals surface area contributed by atoms with Gasteiger partial charge in [0.05, 0.1) is 35.9 Å².